The second-order valence-electron chi connectivity index (χ2n) is 4.63. The Kier molecular flexibility index (Phi) is 4.35. The Hall–Kier alpha value is -1.55. The minimum Gasteiger partial charge on any atom is -0.423 e. The van der Waals surface area contributed by atoms with Crippen LogP contribution in [-0.2, 0) is 9.59 Å². The van der Waals surface area contributed by atoms with Crippen LogP contribution in [0.25, 0.3) is 0 Å². The summed E-state index contributed by atoms with van der Waals surface area (Å²) in [5.74, 6) is -0.582. The number of nitrogens with one attached hydrogen (secondary N) is 1. The number of esters is 1. The van der Waals surface area contributed by atoms with E-state index < -0.39 is 11.5 Å². The number of rotatable bonds is 3. The van der Waals surface area contributed by atoms with Gasteiger partial charge in [0.15, 0.2) is 0 Å². The van der Waals surface area contributed by atoms with Crippen molar-refractivity contribution in [3.05, 3.63) is 28.8 Å². The minimum absolute atomic E-state index is 0.283. The molecule has 0 saturated carbocycles. The van der Waals surface area contributed by atoms with Crippen molar-refractivity contribution in [1.82, 2.24) is 5.32 Å². The third kappa shape index (κ3) is 3.74. The van der Waals surface area contributed by atoms with Crippen LogP contribution in [0.1, 0.15) is 26.3 Å². The minimum atomic E-state index is -1.10. The highest BCUT2D eigenvalue weighted by Gasteiger charge is 2.31. The van der Waals surface area contributed by atoms with E-state index in [0.717, 1.165) is 5.56 Å². The van der Waals surface area contributed by atoms with Crippen molar-refractivity contribution in [2.45, 2.75) is 33.2 Å². The molecule has 0 aromatic heterocycles. The Bertz CT molecular complexity index is 483. The number of amides is 1. The number of aryl methyl sites for hydroxylation is 1. The molecule has 0 aliphatic heterocycles. The number of benzene rings is 1. The summed E-state index contributed by atoms with van der Waals surface area (Å²) >= 11 is 5.96. The van der Waals surface area contributed by atoms with Crippen LogP contribution in [0.15, 0.2) is 18.2 Å². The van der Waals surface area contributed by atoms with Gasteiger partial charge in [-0.25, -0.2) is 4.79 Å². The van der Waals surface area contributed by atoms with E-state index in [9.17, 15) is 9.59 Å². The van der Waals surface area contributed by atoms with Gasteiger partial charge in [0, 0.05) is 6.92 Å². The van der Waals surface area contributed by atoms with Crippen molar-refractivity contribution in [1.29, 1.82) is 0 Å². The topological polar surface area (TPSA) is 55.4 Å². The molecule has 0 aliphatic rings. The standard InChI is InChI=1S/C13H16ClNO3/c1-8-5-6-11(10(14)7-8)18-12(17)13(3,4)15-9(2)16/h5-7H,1-4H3,(H,15,16). The molecule has 0 atom stereocenters. The maximum absolute atomic E-state index is 11.9. The van der Waals surface area contributed by atoms with E-state index in [4.69, 9.17) is 16.3 Å². The summed E-state index contributed by atoms with van der Waals surface area (Å²) in [6.07, 6.45) is 0. The molecule has 0 saturated heterocycles. The molecular formula is C13H16ClNO3. The summed E-state index contributed by atoms with van der Waals surface area (Å²) in [7, 11) is 0. The molecule has 1 N–H and O–H groups in total. The molecule has 4 nitrogen and oxygen atoms in total. The van der Waals surface area contributed by atoms with E-state index in [1.165, 1.54) is 6.92 Å². The summed E-state index contributed by atoms with van der Waals surface area (Å²) in [5, 5.41) is 2.88. The molecule has 0 aliphatic carbocycles. The molecule has 0 bridgehead atoms. The van der Waals surface area contributed by atoms with Crippen molar-refractivity contribution < 1.29 is 14.3 Å². The fraction of sp³-hybridized carbons (Fsp3) is 0.385. The second-order valence-corrected chi connectivity index (χ2v) is 5.04. The Morgan fingerprint density at radius 1 is 1.33 bits per heavy atom. The SMILES string of the molecule is CC(=O)NC(C)(C)C(=O)Oc1ccc(C)cc1Cl. The van der Waals surface area contributed by atoms with Gasteiger partial charge in [0.25, 0.3) is 0 Å². The number of carbonyl (C=O) groups is 2. The Labute approximate surface area is 111 Å². The largest absolute Gasteiger partial charge is 0.423 e. The lowest BCUT2D eigenvalue weighted by Gasteiger charge is -2.23. The quantitative estimate of drug-likeness (QED) is 0.677. The highest BCUT2D eigenvalue weighted by atomic mass is 35.5. The molecule has 0 radical (unpaired) electrons. The number of hydrogen-bond donors (Lipinski definition) is 1. The van der Waals surface area contributed by atoms with Crippen molar-refractivity contribution >= 4 is 23.5 Å². The maximum Gasteiger partial charge on any atom is 0.336 e. The Balaban J connectivity index is 2.84. The van der Waals surface area contributed by atoms with Crippen LogP contribution in [0.2, 0.25) is 5.02 Å². The van der Waals surface area contributed by atoms with Gasteiger partial charge < -0.3 is 10.1 Å². The number of ether oxygens (including phenoxy) is 1. The Morgan fingerprint density at radius 3 is 2.44 bits per heavy atom. The van der Waals surface area contributed by atoms with E-state index in [1.807, 2.05) is 6.92 Å². The molecule has 1 rings (SSSR count). The summed E-state index contributed by atoms with van der Waals surface area (Å²) in [6.45, 7) is 6.37. The van der Waals surface area contributed by atoms with E-state index >= 15 is 0 Å². The number of hydrogen-bond acceptors (Lipinski definition) is 3. The first-order chi connectivity index (χ1) is 8.22. The molecule has 5 heteroatoms. The lowest BCUT2D eigenvalue weighted by Crippen LogP contribution is -2.51. The monoisotopic (exact) mass is 269 g/mol. The first kappa shape index (κ1) is 14.5. The zero-order valence-corrected chi connectivity index (χ0v) is 11.6. The summed E-state index contributed by atoms with van der Waals surface area (Å²) < 4.78 is 5.18. The smallest absolute Gasteiger partial charge is 0.336 e. The van der Waals surface area contributed by atoms with Gasteiger partial charge in [-0.1, -0.05) is 17.7 Å². The van der Waals surface area contributed by atoms with Crippen LogP contribution in [-0.4, -0.2) is 17.4 Å². The Morgan fingerprint density at radius 2 is 1.94 bits per heavy atom. The average Bonchev–Trinajstić information content (AvgIpc) is 2.20. The predicted molar refractivity (Wildman–Crippen MR) is 69.7 cm³/mol. The first-order valence-corrected chi connectivity index (χ1v) is 5.87. The third-order valence-corrected chi connectivity index (χ3v) is 2.58. The van der Waals surface area contributed by atoms with Gasteiger partial charge in [0.05, 0.1) is 5.02 Å². The van der Waals surface area contributed by atoms with Gasteiger partial charge in [0.1, 0.15) is 11.3 Å². The maximum atomic E-state index is 11.9. The van der Waals surface area contributed by atoms with E-state index in [0.29, 0.717) is 5.02 Å². The predicted octanol–water partition coefficient (Wildman–Crippen LogP) is 2.47. The van der Waals surface area contributed by atoms with Crippen LogP contribution in [0.4, 0.5) is 0 Å². The molecule has 18 heavy (non-hydrogen) atoms. The highest BCUT2D eigenvalue weighted by molar-refractivity contribution is 6.32. The third-order valence-electron chi connectivity index (χ3n) is 2.29. The molecule has 1 aromatic rings. The highest BCUT2D eigenvalue weighted by Crippen LogP contribution is 2.26. The van der Waals surface area contributed by atoms with Crippen LogP contribution < -0.4 is 10.1 Å². The first-order valence-electron chi connectivity index (χ1n) is 5.49. The normalized spacial score (nSPS) is 10.9. The number of halogens is 1. The summed E-state index contributed by atoms with van der Waals surface area (Å²) in [5.41, 5.74) is -0.124. The van der Waals surface area contributed by atoms with Gasteiger partial charge in [-0.2, -0.15) is 0 Å². The molecule has 98 valence electrons. The van der Waals surface area contributed by atoms with Gasteiger partial charge in [-0.3, -0.25) is 4.79 Å². The molecule has 1 aromatic carbocycles. The molecule has 0 fully saturated rings. The fourth-order valence-electron chi connectivity index (χ4n) is 1.41. The number of carbonyl (C=O) groups excluding carboxylic acids is 2. The van der Waals surface area contributed by atoms with Crippen LogP contribution >= 0.6 is 11.6 Å². The van der Waals surface area contributed by atoms with Crippen LogP contribution in [0.5, 0.6) is 5.75 Å². The van der Waals surface area contributed by atoms with Crippen molar-refractivity contribution in [3.8, 4) is 5.75 Å². The van der Waals surface area contributed by atoms with Gasteiger partial charge in [-0.05, 0) is 38.5 Å². The van der Waals surface area contributed by atoms with Crippen molar-refractivity contribution in [2.24, 2.45) is 0 Å². The molecule has 0 unspecified atom stereocenters. The molecular weight excluding hydrogens is 254 g/mol. The summed E-state index contributed by atoms with van der Waals surface area (Å²) in [6, 6.07) is 5.12. The van der Waals surface area contributed by atoms with Crippen molar-refractivity contribution in [3.63, 3.8) is 0 Å². The molecule has 0 heterocycles. The van der Waals surface area contributed by atoms with Gasteiger partial charge >= 0.3 is 5.97 Å². The van der Waals surface area contributed by atoms with Crippen molar-refractivity contribution in [2.75, 3.05) is 0 Å². The zero-order chi connectivity index (χ0) is 13.9. The fourth-order valence-corrected chi connectivity index (χ4v) is 1.68. The lowest BCUT2D eigenvalue weighted by atomic mass is 10.1. The second kappa shape index (κ2) is 5.40. The lowest BCUT2D eigenvalue weighted by molar-refractivity contribution is -0.143. The van der Waals surface area contributed by atoms with E-state index in [2.05, 4.69) is 5.32 Å². The summed E-state index contributed by atoms with van der Waals surface area (Å²) in [4.78, 5) is 22.9. The van der Waals surface area contributed by atoms with Crippen LogP contribution in [0.3, 0.4) is 0 Å². The van der Waals surface area contributed by atoms with Crippen LogP contribution in [0, 0.1) is 6.92 Å². The van der Waals surface area contributed by atoms with Gasteiger partial charge in [-0.15, -0.1) is 0 Å². The van der Waals surface area contributed by atoms with Gasteiger partial charge in [0.2, 0.25) is 5.91 Å². The molecule has 1 amide bonds. The zero-order valence-electron chi connectivity index (χ0n) is 10.8. The van der Waals surface area contributed by atoms with E-state index in [1.54, 1.807) is 32.0 Å². The van der Waals surface area contributed by atoms with E-state index in [-0.39, 0.29) is 11.7 Å². The molecule has 0 spiro atoms. The average molecular weight is 270 g/mol.